The summed E-state index contributed by atoms with van der Waals surface area (Å²) < 4.78 is 5.41. The first-order chi connectivity index (χ1) is 11.7. The zero-order valence-electron chi connectivity index (χ0n) is 14.4. The van der Waals surface area contributed by atoms with E-state index in [1.54, 1.807) is 7.11 Å². The Hall–Kier alpha value is -2.31. The van der Waals surface area contributed by atoms with Crippen LogP contribution < -0.4 is 10.1 Å². The molecule has 2 atom stereocenters. The number of methoxy groups -OCH3 is 1. The molecule has 1 aliphatic rings. The number of benzene rings is 2. The van der Waals surface area contributed by atoms with Crippen LogP contribution >= 0.6 is 0 Å². The first-order valence-electron chi connectivity index (χ1n) is 8.68. The minimum Gasteiger partial charge on any atom is -0.497 e. The summed E-state index contributed by atoms with van der Waals surface area (Å²) in [7, 11) is 1.72. The van der Waals surface area contributed by atoms with E-state index in [0.717, 1.165) is 12.2 Å². The second-order valence-corrected chi connectivity index (χ2v) is 6.44. The van der Waals surface area contributed by atoms with E-state index in [1.165, 1.54) is 36.0 Å². The van der Waals surface area contributed by atoms with Crippen molar-refractivity contribution in [2.24, 2.45) is 0 Å². The molecule has 0 saturated carbocycles. The summed E-state index contributed by atoms with van der Waals surface area (Å²) in [6.07, 6.45) is 4.67. The normalized spacial score (nSPS) is 19.4. The lowest BCUT2D eigenvalue weighted by Gasteiger charge is -2.34. The number of hydrogen-bond acceptors (Lipinski definition) is 3. The van der Waals surface area contributed by atoms with Crippen LogP contribution in [0.5, 0.6) is 5.75 Å². The van der Waals surface area contributed by atoms with Crippen molar-refractivity contribution in [2.75, 3.05) is 7.11 Å². The molecule has 24 heavy (non-hydrogen) atoms. The van der Waals surface area contributed by atoms with Gasteiger partial charge in [-0.1, -0.05) is 38.0 Å². The fraction of sp³-hybridized carbons (Fsp3) is 0.381. The molecule has 0 aromatic heterocycles. The minimum atomic E-state index is 0.175. The largest absolute Gasteiger partial charge is 0.497 e. The predicted molar refractivity (Wildman–Crippen MR) is 96.1 cm³/mol. The van der Waals surface area contributed by atoms with Crippen LogP contribution in [0.2, 0.25) is 0 Å². The highest BCUT2D eigenvalue weighted by atomic mass is 16.5. The Morgan fingerprint density at radius 3 is 2.67 bits per heavy atom. The van der Waals surface area contributed by atoms with E-state index in [2.05, 4.69) is 42.6 Å². The molecule has 1 N–H and O–H groups in total. The van der Waals surface area contributed by atoms with Gasteiger partial charge in [0.15, 0.2) is 0 Å². The summed E-state index contributed by atoms with van der Waals surface area (Å²) in [5, 5.41) is 12.8. The molecule has 3 nitrogen and oxygen atoms in total. The Kier molecular flexibility index (Phi) is 5.17. The first kappa shape index (κ1) is 16.5. The second kappa shape index (κ2) is 7.51. The molecule has 0 fully saturated rings. The van der Waals surface area contributed by atoms with E-state index in [9.17, 15) is 0 Å². The lowest BCUT2D eigenvalue weighted by molar-refractivity contribution is 0.395. The number of rotatable bonds is 5. The molecule has 0 spiro atoms. The third-order valence-corrected chi connectivity index (χ3v) is 4.81. The van der Waals surface area contributed by atoms with Gasteiger partial charge in [0.25, 0.3) is 0 Å². The summed E-state index contributed by atoms with van der Waals surface area (Å²) in [6, 6.07) is 17.1. The van der Waals surface area contributed by atoms with Crippen molar-refractivity contribution in [2.45, 2.75) is 44.7 Å². The Bertz CT molecular complexity index is 730. The Balaban J connectivity index is 1.95. The summed E-state index contributed by atoms with van der Waals surface area (Å²) >= 11 is 0. The van der Waals surface area contributed by atoms with Crippen molar-refractivity contribution in [3.63, 3.8) is 0 Å². The first-order valence-corrected chi connectivity index (χ1v) is 8.68. The van der Waals surface area contributed by atoms with Crippen molar-refractivity contribution in [1.82, 2.24) is 5.32 Å². The molecule has 3 rings (SSSR count). The van der Waals surface area contributed by atoms with Crippen LogP contribution in [0, 0.1) is 11.3 Å². The van der Waals surface area contributed by atoms with E-state index in [4.69, 9.17) is 10.00 Å². The van der Waals surface area contributed by atoms with Crippen molar-refractivity contribution < 1.29 is 4.74 Å². The summed E-state index contributed by atoms with van der Waals surface area (Å²) in [6.45, 7) is 2.23. The second-order valence-electron chi connectivity index (χ2n) is 6.44. The average molecular weight is 320 g/mol. The molecule has 0 amide bonds. The molecule has 0 unspecified atom stereocenters. The van der Waals surface area contributed by atoms with E-state index in [-0.39, 0.29) is 6.04 Å². The van der Waals surface area contributed by atoms with Gasteiger partial charge < -0.3 is 10.1 Å². The number of nitriles is 1. The minimum absolute atomic E-state index is 0.175. The molecular formula is C21H24N2O. The molecule has 0 saturated heterocycles. The molecule has 2 aromatic rings. The maximum Gasteiger partial charge on any atom is 0.119 e. The highest BCUT2D eigenvalue weighted by molar-refractivity contribution is 5.45. The predicted octanol–water partition coefficient (Wildman–Crippen LogP) is 4.36. The summed E-state index contributed by atoms with van der Waals surface area (Å²) in [5.41, 5.74) is 4.59. The smallest absolute Gasteiger partial charge is 0.119 e. The number of nitrogens with zero attached hydrogens (tertiary/aromatic N) is 1. The number of fused-ring (bicyclic) bond motifs is 1. The zero-order chi connectivity index (χ0) is 16.9. The van der Waals surface area contributed by atoms with Gasteiger partial charge >= 0.3 is 0 Å². The van der Waals surface area contributed by atoms with Gasteiger partial charge in [0.1, 0.15) is 5.75 Å². The Morgan fingerprint density at radius 1 is 1.21 bits per heavy atom. The standard InChI is InChI=1S/C21H24N2O/c1-3-4-5-18-12-17-13-19(24-2)10-11-20(17)21(23-18)16-8-6-15(14-22)7-9-16/h6-11,13,18,21,23H,3-5,12H2,1-2H3/t18-,21+/m0/s1. The maximum absolute atomic E-state index is 9.01. The zero-order valence-corrected chi connectivity index (χ0v) is 14.4. The van der Waals surface area contributed by atoms with Crippen LogP contribution in [-0.4, -0.2) is 13.2 Å². The van der Waals surface area contributed by atoms with Crippen LogP contribution in [-0.2, 0) is 6.42 Å². The van der Waals surface area contributed by atoms with Gasteiger partial charge in [-0.2, -0.15) is 5.26 Å². The lowest BCUT2D eigenvalue weighted by Crippen LogP contribution is -2.39. The SMILES string of the molecule is CCCC[C@H]1Cc2cc(OC)ccc2[C@@H](c2ccc(C#N)cc2)N1. The van der Waals surface area contributed by atoms with Gasteiger partial charge in [-0.3, -0.25) is 0 Å². The molecular weight excluding hydrogens is 296 g/mol. The molecule has 0 aliphatic carbocycles. The van der Waals surface area contributed by atoms with E-state index in [1.807, 2.05) is 18.2 Å². The monoisotopic (exact) mass is 320 g/mol. The Labute approximate surface area is 144 Å². The van der Waals surface area contributed by atoms with Crippen molar-refractivity contribution >= 4 is 0 Å². The number of hydrogen-bond donors (Lipinski definition) is 1. The van der Waals surface area contributed by atoms with Crippen LogP contribution in [0.1, 0.15) is 54.5 Å². The summed E-state index contributed by atoms with van der Waals surface area (Å²) in [4.78, 5) is 0. The molecule has 124 valence electrons. The van der Waals surface area contributed by atoms with Crippen molar-refractivity contribution in [3.05, 3.63) is 64.7 Å². The third kappa shape index (κ3) is 3.44. The molecule has 3 heteroatoms. The highest BCUT2D eigenvalue weighted by Crippen LogP contribution is 2.34. The molecule has 1 aliphatic heterocycles. The topological polar surface area (TPSA) is 45.0 Å². The molecule has 0 bridgehead atoms. The van der Waals surface area contributed by atoms with Gasteiger partial charge in [-0.05, 0) is 53.8 Å². The van der Waals surface area contributed by atoms with Crippen LogP contribution in [0.15, 0.2) is 42.5 Å². The van der Waals surface area contributed by atoms with Crippen LogP contribution in [0.25, 0.3) is 0 Å². The van der Waals surface area contributed by atoms with E-state index < -0.39 is 0 Å². The number of nitrogens with one attached hydrogen (secondary N) is 1. The lowest BCUT2D eigenvalue weighted by atomic mass is 9.85. The fourth-order valence-electron chi connectivity index (χ4n) is 3.48. The maximum atomic E-state index is 9.01. The fourth-order valence-corrected chi connectivity index (χ4v) is 3.48. The molecule has 0 radical (unpaired) electrons. The van der Waals surface area contributed by atoms with Crippen molar-refractivity contribution in [3.8, 4) is 11.8 Å². The molecule has 2 aromatic carbocycles. The van der Waals surface area contributed by atoms with Gasteiger partial charge in [0.05, 0.1) is 24.8 Å². The number of unbranched alkanes of at least 4 members (excludes halogenated alkanes) is 1. The van der Waals surface area contributed by atoms with E-state index in [0.29, 0.717) is 11.6 Å². The number of ether oxygens (including phenoxy) is 1. The average Bonchev–Trinajstić information content (AvgIpc) is 2.65. The van der Waals surface area contributed by atoms with Gasteiger partial charge in [0.2, 0.25) is 0 Å². The Morgan fingerprint density at radius 2 is 2.00 bits per heavy atom. The van der Waals surface area contributed by atoms with E-state index >= 15 is 0 Å². The molecule has 1 heterocycles. The van der Waals surface area contributed by atoms with Gasteiger partial charge in [0, 0.05) is 6.04 Å². The highest BCUT2D eigenvalue weighted by Gasteiger charge is 2.27. The van der Waals surface area contributed by atoms with Gasteiger partial charge in [-0.15, -0.1) is 0 Å². The van der Waals surface area contributed by atoms with Crippen molar-refractivity contribution in [1.29, 1.82) is 5.26 Å². The quantitative estimate of drug-likeness (QED) is 0.890. The van der Waals surface area contributed by atoms with Crippen LogP contribution in [0.3, 0.4) is 0 Å². The third-order valence-electron chi connectivity index (χ3n) is 4.81. The summed E-state index contributed by atoms with van der Waals surface area (Å²) in [5.74, 6) is 0.920. The van der Waals surface area contributed by atoms with Crippen LogP contribution in [0.4, 0.5) is 0 Å². The van der Waals surface area contributed by atoms with Gasteiger partial charge in [-0.25, -0.2) is 0 Å².